The SMILES string of the molecule is COCCCCOc1cc(CN2CCOCC2)ccc1C(=O)NCC(CC(NC(=O)OC(C)(C)C)C(O)CC(C(=O)N(CC(C)C)C(N)=O)C(C)C)C(C)C. The van der Waals surface area contributed by atoms with Gasteiger partial charge >= 0.3 is 12.1 Å². The molecule has 4 atom stereocenters. The summed E-state index contributed by atoms with van der Waals surface area (Å²) in [4.78, 5) is 56.2. The third-order valence-corrected chi connectivity index (χ3v) is 9.69. The second-order valence-electron chi connectivity index (χ2n) is 16.8. The summed E-state index contributed by atoms with van der Waals surface area (Å²) >= 11 is 0. The zero-order valence-electron chi connectivity index (χ0n) is 35.2. The number of methoxy groups -OCH3 is 1. The van der Waals surface area contributed by atoms with E-state index in [2.05, 4.69) is 15.5 Å². The average Bonchev–Trinajstić information content (AvgIpc) is 3.09. The molecule has 14 nitrogen and oxygen atoms in total. The maximum absolute atomic E-state index is 13.8. The molecule has 2 rings (SSSR count). The molecule has 1 saturated heterocycles. The van der Waals surface area contributed by atoms with Crippen LogP contribution < -0.4 is 21.1 Å². The van der Waals surface area contributed by atoms with Gasteiger partial charge in [0.15, 0.2) is 0 Å². The molecule has 55 heavy (non-hydrogen) atoms. The Morgan fingerprint density at radius 2 is 1.64 bits per heavy atom. The number of carbonyl (C=O) groups is 4. The third-order valence-electron chi connectivity index (χ3n) is 9.69. The van der Waals surface area contributed by atoms with Crippen LogP contribution >= 0.6 is 0 Å². The molecule has 0 saturated carbocycles. The summed E-state index contributed by atoms with van der Waals surface area (Å²) in [6.45, 7) is 22.0. The number of imide groups is 1. The quantitative estimate of drug-likeness (QED) is 0.114. The predicted octanol–water partition coefficient (Wildman–Crippen LogP) is 5.20. The van der Waals surface area contributed by atoms with Crippen LogP contribution in [0.15, 0.2) is 18.2 Å². The number of hydrogen-bond donors (Lipinski definition) is 4. The summed E-state index contributed by atoms with van der Waals surface area (Å²) in [5.74, 6) is -1.42. The number of alkyl carbamates (subject to hydrolysis) is 1. The van der Waals surface area contributed by atoms with Crippen molar-refractivity contribution < 1.29 is 43.2 Å². The lowest BCUT2D eigenvalue weighted by Crippen LogP contribution is -2.51. The Labute approximate surface area is 329 Å². The van der Waals surface area contributed by atoms with Crippen LogP contribution in [0.2, 0.25) is 0 Å². The Kier molecular flexibility index (Phi) is 20.4. The average molecular weight is 778 g/mol. The Morgan fingerprint density at radius 3 is 2.20 bits per heavy atom. The highest BCUT2D eigenvalue weighted by molar-refractivity contribution is 5.97. The number of hydrogen-bond acceptors (Lipinski definition) is 10. The lowest BCUT2D eigenvalue weighted by Gasteiger charge is -2.34. The summed E-state index contributed by atoms with van der Waals surface area (Å²) in [5.41, 5.74) is 6.28. The number of aliphatic hydroxyl groups is 1. The first kappa shape index (κ1) is 47.7. The summed E-state index contributed by atoms with van der Waals surface area (Å²) in [6, 6.07) is 4.00. The molecular formula is C41H71N5O9. The number of unbranched alkanes of at least 4 members (excludes halogenated alkanes) is 1. The summed E-state index contributed by atoms with van der Waals surface area (Å²) in [5, 5.41) is 17.7. The van der Waals surface area contributed by atoms with Gasteiger partial charge in [0.2, 0.25) is 5.91 Å². The molecule has 1 aliphatic heterocycles. The van der Waals surface area contributed by atoms with E-state index in [1.807, 2.05) is 53.7 Å². The molecule has 0 aromatic heterocycles. The number of nitrogens with zero attached hydrogens (tertiary/aromatic N) is 2. The van der Waals surface area contributed by atoms with Crippen LogP contribution in [0, 0.1) is 29.6 Å². The maximum Gasteiger partial charge on any atom is 0.407 e. The number of morpholine rings is 1. The number of rotatable bonds is 22. The van der Waals surface area contributed by atoms with Crippen molar-refractivity contribution in [1.29, 1.82) is 0 Å². The normalized spacial score (nSPS) is 16.0. The van der Waals surface area contributed by atoms with Gasteiger partial charge in [0.25, 0.3) is 5.91 Å². The molecule has 0 aliphatic carbocycles. The summed E-state index contributed by atoms with van der Waals surface area (Å²) in [6.07, 6.45) is -0.0553. The smallest absolute Gasteiger partial charge is 0.407 e. The van der Waals surface area contributed by atoms with E-state index in [4.69, 9.17) is 24.7 Å². The van der Waals surface area contributed by atoms with Crippen molar-refractivity contribution in [2.45, 2.75) is 112 Å². The molecule has 0 radical (unpaired) electrons. The Hall–Kier alpha value is -3.46. The second-order valence-corrected chi connectivity index (χ2v) is 16.8. The number of aliphatic hydroxyl groups excluding tert-OH is 1. The van der Waals surface area contributed by atoms with Gasteiger partial charge in [-0.15, -0.1) is 0 Å². The van der Waals surface area contributed by atoms with E-state index < -0.39 is 41.7 Å². The Morgan fingerprint density at radius 1 is 0.982 bits per heavy atom. The van der Waals surface area contributed by atoms with Gasteiger partial charge in [-0.1, -0.05) is 47.6 Å². The van der Waals surface area contributed by atoms with Crippen LogP contribution in [0.3, 0.4) is 0 Å². The minimum absolute atomic E-state index is 0.00523. The van der Waals surface area contributed by atoms with E-state index in [9.17, 15) is 24.3 Å². The number of nitrogens with one attached hydrogen (secondary N) is 2. The Bertz CT molecular complexity index is 1340. The fourth-order valence-electron chi connectivity index (χ4n) is 6.46. The topological polar surface area (TPSA) is 182 Å². The molecule has 14 heteroatoms. The van der Waals surface area contributed by atoms with Gasteiger partial charge in [-0.2, -0.15) is 0 Å². The molecule has 4 unspecified atom stereocenters. The van der Waals surface area contributed by atoms with Gasteiger partial charge in [0.1, 0.15) is 11.4 Å². The second kappa shape index (κ2) is 23.6. The largest absolute Gasteiger partial charge is 0.493 e. The van der Waals surface area contributed by atoms with E-state index in [0.717, 1.165) is 42.9 Å². The van der Waals surface area contributed by atoms with Crippen molar-refractivity contribution in [2.24, 2.45) is 35.3 Å². The first-order valence-electron chi connectivity index (χ1n) is 19.9. The van der Waals surface area contributed by atoms with Crippen LogP contribution in [-0.4, -0.2) is 116 Å². The van der Waals surface area contributed by atoms with E-state index >= 15 is 0 Å². The van der Waals surface area contributed by atoms with Crippen LogP contribution in [-0.2, 0) is 25.5 Å². The molecule has 0 spiro atoms. The van der Waals surface area contributed by atoms with Crippen molar-refractivity contribution in [3.05, 3.63) is 29.3 Å². The number of amides is 5. The number of ether oxygens (including phenoxy) is 4. The highest BCUT2D eigenvalue weighted by Crippen LogP contribution is 2.27. The fourth-order valence-corrected chi connectivity index (χ4v) is 6.46. The van der Waals surface area contributed by atoms with Crippen LogP contribution in [0.5, 0.6) is 5.75 Å². The van der Waals surface area contributed by atoms with E-state index in [0.29, 0.717) is 37.7 Å². The lowest BCUT2D eigenvalue weighted by molar-refractivity contribution is -0.135. The first-order valence-corrected chi connectivity index (χ1v) is 19.9. The van der Waals surface area contributed by atoms with Crippen molar-refractivity contribution in [3.63, 3.8) is 0 Å². The number of carbonyl (C=O) groups excluding carboxylic acids is 4. The number of benzene rings is 1. The molecule has 1 aliphatic rings. The van der Waals surface area contributed by atoms with Gasteiger partial charge in [-0.25, -0.2) is 9.59 Å². The van der Waals surface area contributed by atoms with Crippen LogP contribution in [0.1, 0.15) is 104 Å². The Balaban J connectivity index is 2.32. The van der Waals surface area contributed by atoms with E-state index in [1.165, 1.54) is 0 Å². The van der Waals surface area contributed by atoms with E-state index in [-0.39, 0.29) is 55.5 Å². The van der Waals surface area contributed by atoms with Crippen LogP contribution in [0.4, 0.5) is 9.59 Å². The molecule has 314 valence electrons. The predicted molar refractivity (Wildman–Crippen MR) is 213 cm³/mol. The molecule has 1 heterocycles. The van der Waals surface area contributed by atoms with Crippen LogP contribution in [0.25, 0.3) is 0 Å². The third kappa shape index (κ3) is 17.5. The standard InChI is InChI=1S/C41H71N5O9/c1-27(2)25-46(39(42)50)38(49)33(29(5)6)23-35(47)34(44-40(51)55-41(7,8)9)22-31(28(3)4)24-43-37(48)32-14-13-30(26-45-15-19-53-20-16-45)21-36(32)54-18-12-11-17-52-10/h13-14,21,27-29,31,33-35,47H,11-12,15-20,22-26H2,1-10H3,(H2,42,50)(H,43,48)(H,44,51). The van der Waals surface area contributed by atoms with Crippen molar-refractivity contribution in [2.75, 3.05) is 59.7 Å². The number of nitrogens with two attached hydrogens (primary N) is 1. The number of urea groups is 1. The molecule has 5 amide bonds. The summed E-state index contributed by atoms with van der Waals surface area (Å²) < 4.78 is 22.4. The minimum atomic E-state index is -1.19. The zero-order chi connectivity index (χ0) is 41.3. The van der Waals surface area contributed by atoms with Gasteiger partial charge in [0.05, 0.1) is 37.5 Å². The first-order chi connectivity index (χ1) is 25.8. The van der Waals surface area contributed by atoms with Gasteiger partial charge in [0, 0.05) is 52.4 Å². The van der Waals surface area contributed by atoms with Crippen molar-refractivity contribution in [1.82, 2.24) is 20.4 Å². The lowest BCUT2D eigenvalue weighted by atomic mass is 9.82. The molecular weight excluding hydrogens is 706 g/mol. The minimum Gasteiger partial charge on any atom is -0.493 e. The molecule has 1 aromatic carbocycles. The molecule has 1 fully saturated rings. The maximum atomic E-state index is 13.8. The molecule has 0 bridgehead atoms. The van der Waals surface area contributed by atoms with Gasteiger partial charge < -0.3 is 40.4 Å². The van der Waals surface area contributed by atoms with E-state index in [1.54, 1.807) is 33.9 Å². The summed E-state index contributed by atoms with van der Waals surface area (Å²) in [7, 11) is 1.66. The highest BCUT2D eigenvalue weighted by atomic mass is 16.6. The highest BCUT2D eigenvalue weighted by Gasteiger charge is 2.36. The molecule has 5 N–H and O–H groups in total. The zero-order valence-corrected chi connectivity index (χ0v) is 35.2. The van der Waals surface area contributed by atoms with Crippen molar-refractivity contribution in [3.8, 4) is 5.75 Å². The van der Waals surface area contributed by atoms with Gasteiger partial charge in [-0.05, 0) is 87.8 Å². The fraction of sp³-hybridized carbons (Fsp3) is 0.756. The molecule has 1 aromatic rings. The van der Waals surface area contributed by atoms with Crippen molar-refractivity contribution >= 4 is 23.9 Å². The number of primary amides is 1. The monoisotopic (exact) mass is 778 g/mol. The van der Waals surface area contributed by atoms with Gasteiger partial charge in [-0.3, -0.25) is 19.4 Å².